The maximum absolute atomic E-state index is 12.2. The van der Waals surface area contributed by atoms with Gasteiger partial charge in [-0.05, 0) is 48.6 Å². The smallest absolute Gasteiger partial charge is 0.181 e. The Morgan fingerprint density at radius 2 is 0.614 bits per heavy atom. The molecule has 0 amide bonds. The molecule has 7 heterocycles. The number of hydrogen-bond donors (Lipinski definition) is 0. The van der Waals surface area contributed by atoms with Crippen LogP contribution in [0.25, 0.3) is 65.3 Å². The molecule has 114 heavy (non-hydrogen) atoms. The molecule has 0 aliphatic rings. The van der Waals surface area contributed by atoms with Crippen LogP contribution in [0.15, 0.2) is 334 Å². The van der Waals surface area contributed by atoms with Gasteiger partial charge in [0.1, 0.15) is 6.29 Å². The number of thiazole rings is 4. The molecule has 0 aliphatic heterocycles. The Balaban J connectivity index is 0.000000152. The van der Waals surface area contributed by atoms with Crippen LogP contribution in [0.2, 0.25) is 0 Å². The van der Waals surface area contributed by atoms with E-state index in [-0.39, 0.29) is 40.5 Å². The van der Waals surface area contributed by atoms with Crippen molar-refractivity contribution in [3.8, 4) is 65.3 Å². The minimum atomic E-state index is 0.0162. The Hall–Kier alpha value is -12.6. The molecule has 0 radical (unpaired) electrons. The fraction of sp³-hybridized carbons (Fsp3) is 0.0778. The molecule has 0 fully saturated rings. The maximum Gasteiger partial charge on any atom is 0.181 e. The lowest BCUT2D eigenvalue weighted by Gasteiger charge is -2.03. The van der Waals surface area contributed by atoms with Gasteiger partial charge < -0.3 is 13.3 Å². The Kier molecular flexibility index (Phi) is 34.7. The molecule has 0 saturated carbocycles. The maximum atomic E-state index is 12.2. The molecule has 0 bridgehead atoms. The van der Waals surface area contributed by atoms with E-state index in [0.29, 0.717) is 68.6 Å². The average Bonchev–Trinajstić information content (AvgIpc) is 1.57. The number of aldehydes is 1. The fourth-order valence-corrected chi connectivity index (χ4v) is 12.9. The van der Waals surface area contributed by atoms with Crippen molar-refractivity contribution < 1.29 is 51.6 Å². The van der Waals surface area contributed by atoms with Crippen LogP contribution in [0, 0.1) is 0 Å². The lowest BCUT2D eigenvalue weighted by atomic mass is 10.0. The van der Waals surface area contributed by atoms with Gasteiger partial charge in [-0.15, -0.1) is 45.3 Å². The number of carbonyl (C=O) groups is 8. The molecule has 18 nitrogen and oxygen atoms in total. The number of hydrogen-bond acceptors (Lipinski definition) is 22. The van der Waals surface area contributed by atoms with Crippen molar-refractivity contribution in [3.63, 3.8) is 0 Å². The van der Waals surface area contributed by atoms with Gasteiger partial charge in [-0.1, -0.05) is 262 Å². The Labute approximate surface area is 690 Å². The van der Waals surface area contributed by atoms with Gasteiger partial charge >= 0.3 is 0 Å². The summed E-state index contributed by atoms with van der Waals surface area (Å²) in [5.74, 6) is 2.72. The van der Waals surface area contributed by atoms with Crippen molar-refractivity contribution in [3.05, 3.63) is 376 Å². The van der Waals surface area contributed by atoms with Crippen LogP contribution in [0.1, 0.15) is 115 Å². The second-order valence-electron chi connectivity index (χ2n) is 24.0. The molecule has 570 valence electrons. The topological polar surface area (TPSA) is 266 Å². The molecular formula is C90H71Br2N7O11S4. The molecular weight excluding hydrogens is 1640 g/mol. The van der Waals surface area contributed by atoms with E-state index in [1.807, 2.05) is 211 Å². The Morgan fingerprint density at radius 1 is 0.325 bits per heavy atom. The quantitative estimate of drug-likeness (QED) is 0.0390. The van der Waals surface area contributed by atoms with Crippen molar-refractivity contribution in [1.82, 2.24) is 34.9 Å². The number of halogens is 2. The highest BCUT2D eigenvalue weighted by atomic mass is 79.9. The van der Waals surface area contributed by atoms with Gasteiger partial charge in [0.25, 0.3) is 0 Å². The summed E-state index contributed by atoms with van der Waals surface area (Å²) in [5.41, 5.74) is 20.9. The van der Waals surface area contributed by atoms with Gasteiger partial charge in [0, 0.05) is 104 Å². The van der Waals surface area contributed by atoms with Gasteiger partial charge in [-0.3, -0.25) is 58.3 Å². The number of aromatic nitrogens is 7. The van der Waals surface area contributed by atoms with Crippen LogP contribution in [0.5, 0.6) is 0 Å². The molecule has 24 heteroatoms. The van der Waals surface area contributed by atoms with Gasteiger partial charge in [-0.25, -0.2) is 15.0 Å². The molecule has 16 aromatic rings. The van der Waals surface area contributed by atoms with Gasteiger partial charge in [0.2, 0.25) is 0 Å². The minimum absolute atomic E-state index is 0.0162. The van der Waals surface area contributed by atoms with Crippen LogP contribution in [-0.2, 0) is 12.8 Å². The molecule has 0 atom stereocenters. The van der Waals surface area contributed by atoms with Crippen molar-refractivity contribution in [1.29, 1.82) is 0 Å². The average molecular weight is 1710 g/mol. The number of Topliss-reactive ketones (excluding diaryl/α,β-unsaturated/α-hetero) is 7. The van der Waals surface area contributed by atoms with Gasteiger partial charge in [0.15, 0.2) is 76.9 Å². The number of ketones is 7. The number of carbonyl (C=O) groups excluding carboxylic acids is 8. The van der Waals surface area contributed by atoms with Crippen LogP contribution in [0.3, 0.4) is 0 Å². The van der Waals surface area contributed by atoms with E-state index >= 15 is 0 Å². The monoisotopic (exact) mass is 1710 g/mol. The highest BCUT2D eigenvalue weighted by molar-refractivity contribution is 9.09. The first-order valence-electron chi connectivity index (χ1n) is 34.7. The van der Waals surface area contributed by atoms with Crippen LogP contribution in [0.4, 0.5) is 0 Å². The van der Waals surface area contributed by atoms with Crippen molar-refractivity contribution >= 4 is 124 Å². The van der Waals surface area contributed by atoms with E-state index in [4.69, 9.17) is 13.3 Å². The summed E-state index contributed by atoms with van der Waals surface area (Å²) in [6.07, 6.45) is 18.0. The zero-order valence-electron chi connectivity index (χ0n) is 61.5. The van der Waals surface area contributed by atoms with E-state index in [0.717, 1.165) is 82.1 Å². The van der Waals surface area contributed by atoms with Crippen LogP contribution >= 0.6 is 77.2 Å². The zero-order valence-corrected chi connectivity index (χ0v) is 68.0. The Bertz CT molecular complexity index is 5190. The molecule has 7 aromatic heterocycles. The molecule has 16 rings (SSSR count). The zero-order chi connectivity index (χ0) is 80.7. The summed E-state index contributed by atoms with van der Waals surface area (Å²) < 4.78 is 15.5. The highest BCUT2D eigenvalue weighted by Crippen LogP contribution is 2.28. The fourth-order valence-electron chi connectivity index (χ4n) is 10.1. The van der Waals surface area contributed by atoms with Crippen molar-refractivity contribution in [2.75, 3.05) is 10.7 Å². The highest BCUT2D eigenvalue weighted by Gasteiger charge is 2.13. The summed E-state index contributed by atoms with van der Waals surface area (Å²) in [6, 6.07) is 70.9. The Morgan fingerprint density at radius 3 is 0.842 bits per heavy atom. The van der Waals surface area contributed by atoms with Gasteiger partial charge in [-0.2, -0.15) is 0 Å². The second kappa shape index (κ2) is 46.3. The normalized spacial score (nSPS) is 10.0. The molecule has 9 aromatic carbocycles. The van der Waals surface area contributed by atoms with E-state index in [1.165, 1.54) is 26.1 Å². The molecule has 0 saturated heterocycles. The SMILES string of the molecule is CC(=O)c1ccc(-c2cnco2)cc1.CC(=O)c1ccc(-c2cncs2)cc1.CC(=O)c1ccc(C=O)cc1.O=C(CBr)c1ccc(-c2cnco2)cc1.O=C(CBr)c1ccc(-c2cncs2)cc1.O=C(Cc1ccccc1)c1ccc(-c2cnco2)cc1.O=C(Cc1ccccc1)c1ccc(-c2cncs2)cc1.c1cscn1. The first-order chi connectivity index (χ1) is 55.5. The van der Waals surface area contributed by atoms with Crippen LogP contribution in [-0.4, -0.2) is 92.3 Å². The first kappa shape index (κ1) is 85.5. The molecule has 0 unspecified atom stereocenters. The standard InChI is InChI=1S/C17H13NO2.C17H13NOS.C11H8BrNO2.C11H8BrNOS.C11H9NO2.C11H9NOS.C9H8O2.C3H3NS/c2*19-16(10-13-4-2-1-3-5-13)14-6-8-15(9-7-14)17-11-18-12-20-17;2*12-5-10(14)8-1-3-9(4-2-8)11-6-13-7-15-11;2*1-8(13)9-2-4-10(5-3-9)11-6-12-7-14-11;1-7(11)9-4-2-8(6-10)3-5-9;1-2-5-3-4-1/h2*1-9,11-12H,10H2;2*1-4,6-7H,5H2;2*2-7H,1H3;2-6H,1H3;1-3H. The largest absolute Gasteiger partial charge is 0.444 e. The lowest BCUT2D eigenvalue weighted by Crippen LogP contribution is -2.03. The van der Waals surface area contributed by atoms with Crippen molar-refractivity contribution in [2.24, 2.45) is 0 Å². The predicted octanol–water partition coefficient (Wildman–Crippen LogP) is 22.7. The third-order valence-electron chi connectivity index (χ3n) is 16.2. The van der Waals surface area contributed by atoms with E-state index < -0.39 is 0 Å². The number of nitrogens with zero attached hydrogens (tertiary/aromatic N) is 7. The minimum Gasteiger partial charge on any atom is -0.444 e. The van der Waals surface area contributed by atoms with E-state index in [1.54, 1.807) is 149 Å². The number of oxazole rings is 3. The van der Waals surface area contributed by atoms with E-state index in [2.05, 4.69) is 66.7 Å². The summed E-state index contributed by atoms with van der Waals surface area (Å²) in [7, 11) is 0. The van der Waals surface area contributed by atoms with Crippen molar-refractivity contribution in [2.45, 2.75) is 33.6 Å². The number of alkyl halides is 2. The third kappa shape index (κ3) is 27.7. The lowest BCUT2D eigenvalue weighted by molar-refractivity contribution is 0.0985. The molecule has 0 spiro atoms. The number of rotatable bonds is 20. The van der Waals surface area contributed by atoms with E-state index in [9.17, 15) is 38.4 Å². The van der Waals surface area contributed by atoms with Crippen LogP contribution < -0.4 is 0 Å². The molecule has 0 N–H and O–H groups in total. The predicted molar refractivity (Wildman–Crippen MR) is 458 cm³/mol. The summed E-state index contributed by atoms with van der Waals surface area (Å²) in [5, 5.41) is 2.64. The summed E-state index contributed by atoms with van der Waals surface area (Å²) >= 11 is 12.7. The second-order valence-corrected chi connectivity index (χ2v) is 28.6. The van der Waals surface area contributed by atoms with Gasteiger partial charge in [0.05, 0.1) is 65.9 Å². The molecule has 0 aliphatic carbocycles. The summed E-state index contributed by atoms with van der Waals surface area (Å²) in [6.45, 7) is 4.61. The third-order valence-corrected chi connectivity index (χ3v) is 20.2. The summed E-state index contributed by atoms with van der Waals surface area (Å²) in [4.78, 5) is 121. The first-order valence-corrected chi connectivity index (χ1v) is 40.5. The number of benzene rings is 9.